The summed E-state index contributed by atoms with van der Waals surface area (Å²) in [5, 5.41) is 3.54. The van der Waals surface area contributed by atoms with E-state index in [0.29, 0.717) is 15.3 Å². The zero-order valence-electron chi connectivity index (χ0n) is 21.3. The van der Waals surface area contributed by atoms with E-state index in [9.17, 15) is 36.7 Å². The van der Waals surface area contributed by atoms with Gasteiger partial charge < -0.3 is 0 Å². The van der Waals surface area contributed by atoms with Gasteiger partial charge in [0.15, 0.2) is 23.1 Å². The molecule has 0 unspecified atom stereocenters. The number of benzene rings is 2. The van der Waals surface area contributed by atoms with E-state index in [-0.39, 0.29) is 54.2 Å². The summed E-state index contributed by atoms with van der Waals surface area (Å²) in [6.45, 7) is 1.61. The topological polar surface area (TPSA) is 68.3 Å². The van der Waals surface area contributed by atoms with E-state index < -0.39 is 23.3 Å². The predicted octanol–water partition coefficient (Wildman–Crippen LogP) is 8.65. The van der Waals surface area contributed by atoms with Gasteiger partial charge in [-0.2, -0.15) is 13.2 Å². The summed E-state index contributed by atoms with van der Waals surface area (Å²) < 4.78 is 52.2. The lowest BCUT2D eigenvalue weighted by molar-refractivity contribution is -0.137. The molecule has 4 aromatic rings. The molecule has 40 heavy (non-hydrogen) atoms. The first-order valence-electron chi connectivity index (χ1n) is 12.1. The molecule has 0 spiro atoms. The number of ketones is 4. The maximum atomic E-state index is 13.7. The molecular weight excluding hydrogens is 564 g/mol. The molecule has 0 radical (unpaired) electrons. The number of thiophene rings is 2. The minimum Gasteiger partial charge on any atom is -0.294 e. The Morgan fingerprint density at radius 3 is 1.60 bits per heavy atom. The van der Waals surface area contributed by atoms with Crippen molar-refractivity contribution >= 4 is 45.8 Å². The predicted molar refractivity (Wildman–Crippen MR) is 147 cm³/mol. The summed E-state index contributed by atoms with van der Waals surface area (Å²) in [4.78, 5) is 48.5. The number of rotatable bonds is 10. The average molecular weight is 589 g/mol. The Balaban J connectivity index is 0.000000222. The summed E-state index contributed by atoms with van der Waals surface area (Å²) in [7, 11) is 0. The molecule has 4 nitrogen and oxygen atoms in total. The monoisotopic (exact) mass is 588 g/mol. The van der Waals surface area contributed by atoms with Gasteiger partial charge in [0, 0.05) is 31.2 Å². The molecule has 0 saturated carbocycles. The van der Waals surface area contributed by atoms with Gasteiger partial charge in [0.2, 0.25) is 0 Å². The van der Waals surface area contributed by atoms with Crippen LogP contribution in [0.4, 0.5) is 17.6 Å². The smallest absolute Gasteiger partial charge is 0.294 e. The first-order valence-corrected chi connectivity index (χ1v) is 13.9. The van der Waals surface area contributed by atoms with Crippen molar-refractivity contribution in [2.24, 2.45) is 0 Å². The number of alkyl halides is 3. The number of hydrogen-bond donors (Lipinski definition) is 0. The molecule has 2 heterocycles. The molecule has 0 saturated heterocycles. The van der Waals surface area contributed by atoms with Crippen molar-refractivity contribution in [1.82, 2.24) is 0 Å². The van der Waals surface area contributed by atoms with Crippen LogP contribution in [0.25, 0.3) is 0 Å². The molecular formula is C30H24F4O4S2. The number of hydrogen-bond acceptors (Lipinski definition) is 6. The fraction of sp³-hybridized carbons (Fsp3) is 0.200. The molecule has 0 amide bonds. The standard InChI is InChI=1S/C15H11F3O2S.C15H13FO2S/c16-15(17,18)11-5-2-1-4-10(11)12(19)7-8-13(20)14-6-3-9-21-14;1-10-4-2-5-11(15(10)16)12(17)7-8-13(18)14-6-3-9-19-14/h1-6,9H,7-8H2;2-6,9H,7-8H2,1H3. The van der Waals surface area contributed by atoms with E-state index in [1.54, 1.807) is 48.7 Å². The minimum atomic E-state index is -4.58. The highest BCUT2D eigenvalue weighted by atomic mass is 32.1. The molecule has 0 aliphatic heterocycles. The molecule has 0 atom stereocenters. The summed E-state index contributed by atoms with van der Waals surface area (Å²) in [5.74, 6) is -1.80. The van der Waals surface area contributed by atoms with Crippen molar-refractivity contribution in [2.45, 2.75) is 38.8 Å². The highest BCUT2D eigenvalue weighted by Gasteiger charge is 2.34. The van der Waals surface area contributed by atoms with Crippen molar-refractivity contribution in [2.75, 3.05) is 0 Å². The molecule has 0 aliphatic carbocycles. The lowest BCUT2D eigenvalue weighted by Crippen LogP contribution is -2.13. The molecule has 0 fully saturated rings. The summed E-state index contributed by atoms with van der Waals surface area (Å²) >= 11 is 2.59. The maximum absolute atomic E-state index is 13.7. The number of Topliss-reactive ketones (excluding diaryl/α,β-unsaturated/α-hetero) is 4. The second-order valence-corrected chi connectivity index (χ2v) is 10.5. The lowest BCUT2D eigenvalue weighted by atomic mass is 9.99. The Labute approximate surface area is 236 Å². The fourth-order valence-electron chi connectivity index (χ4n) is 3.68. The van der Waals surface area contributed by atoms with Crippen LogP contribution in [0.15, 0.2) is 77.5 Å². The third kappa shape index (κ3) is 8.37. The van der Waals surface area contributed by atoms with Crippen molar-refractivity contribution in [1.29, 1.82) is 0 Å². The minimum absolute atomic E-state index is 0.0388. The Morgan fingerprint density at radius 2 is 1.10 bits per heavy atom. The van der Waals surface area contributed by atoms with Crippen LogP contribution in [0.1, 0.15) is 76.9 Å². The molecule has 2 aromatic heterocycles. The van der Waals surface area contributed by atoms with Gasteiger partial charge in [0.25, 0.3) is 0 Å². The van der Waals surface area contributed by atoms with Crippen LogP contribution < -0.4 is 0 Å². The van der Waals surface area contributed by atoms with Crippen molar-refractivity contribution in [3.8, 4) is 0 Å². The zero-order valence-corrected chi connectivity index (χ0v) is 22.9. The van der Waals surface area contributed by atoms with Gasteiger partial charge in [-0.3, -0.25) is 19.2 Å². The quantitative estimate of drug-likeness (QED) is 0.137. The van der Waals surface area contributed by atoms with Gasteiger partial charge in [-0.15, -0.1) is 22.7 Å². The zero-order chi connectivity index (χ0) is 29.3. The molecule has 0 N–H and O–H groups in total. The highest BCUT2D eigenvalue weighted by molar-refractivity contribution is 7.12. The SMILES string of the molecule is Cc1cccc(C(=O)CCC(=O)c2cccs2)c1F.O=C(CCC(=O)c1ccccc1C(F)(F)F)c1cccs1. The van der Waals surface area contributed by atoms with Gasteiger partial charge in [0.05, 0.1) is 20.9 Å². The van der Waals surface area contributed by atoms with Gasteiger partial charge in [-0.25, -0.2) is 4.39 Å². The van der Waals surface area contributed by atoms with E-state index in [2.05, 4.69) is 0 Å². The average Bonchev–Trinajstić information content (AvgIpc) is 3.67. The lowest BCUT2D eigenvalue weighted by Gasteiger charge is -2.11. The second kappa shape index (κ2) is 14.0. The van der Waals surface area contributed by atoms with E-state index >= 15 is 0 Å². The van der Waals surface area contributed by atoms with Gasteiger partial charge in [0.1, 0.15) is 5.82 Å². The number of carbonyl (C=O) groups is 4. The first kappa shape index (κ1) is 30.8. The first-order chi connectivity index (χ1) is 19.0. The van der Waals surface area contributed by atoms with Crippen LogP contribution in [0.2, 0.25) is 0 Å². The van der Waals surface area contributed by atoms with E-state index in [0.717, 1.165) is 12.1 Å². The summed E-state index contributed by atoms with van der Waals surface area (Å²) in [6.07, 6.45) is -4.75. The van der Waals surface area contributed by atoms with Crippen LogP contribution in [0.3, 0.4) is 0 Å². The number of halogens is 4. The van der Waals surface area contributed by atoms with Gasteiger partial charge in [-0.05, 0) is 47.5 Å². The normalized spacial score (nSPS) is 10.9. The van der Waals surface area contributed by atoms with E-state index in [1.807, 2.05) is 5.38 Å². The molecule has 0 aliphatic rings. The molecule has 10 heteroatoms. The van der Waals surface area contributed by atoms with E-state index in [1.165, 1.54) is 40.9 Å². The van der Waals surface area contributed by atoms with E-state index in [4.69, 9.17) is 0 Å². The highest BCUT2D eigenvalue weighted by Crippen LogP contribution is 2.32. The second-order valence-electron chi connectivity index (χ2n) is 8.63. The summed E-state index contributed by atoms with van der Waals surface area (Å²) in [6, 6.07) is 16.2. The van der Waals surface area contributed by atoms with Crippen molar-refractivity contribution in [3.05, 3.63) is 115 Å². The van der Waals surface area contributed by atoms with Crippen LogP contribution in [0, 0.1) is 12.7 Å². The largest absolute Gasteiger partial charge is 0.417 e. The third-order valence-electron chi connectivity index (χ3n) is 5.78. The number of carbonyl (C=O) groups excluding carboxylic acids is 4. The van der Waals surface area contributed by atoms with Crippen LogP contribution >= 0.6 is 22.7 Å². The molecule has 4 rings (SSSR count). The van der Waals surface area contributed by atoms with Gasteiger partial charge >= 0.3 is 6.18 Å². The Kier molecular flexibility index (Phi) is 10.8. The Bertz CT molecular complexity index is 1470. The molecule has 0 bridgehead atoms. The van der Waals surface area contributed by atoms with Crippen LogP contribution in [0.5, 0.6) is 0 Å². The van der Waals surface area contributed by atoms with Crippen molar-refractivity contribution < 1.29 is 36.7 Å². The van der Waals surface area contributed by atoms with Crippen molar-refractivity contribution in [3.63, 3.8) is 0 Å². The van der Waals surface area contributed by atoms with Crippen LogP contribution in [-0.2, 0) is 6.18 Å². The van der Waals surface area contributed by atoms with Crippen LogP contribution in [-0.4, -0.2) is 23.1 Å². The maximum Gasteiger partial charge on any atom is 0.417 e. The Hall–Kier alpha value is -3.76. The summed E-state index contributed by atoms with van der Waals surface area (Å²) in [5.41, 5.74) is -0.836. The Morgan fingerprint density at radius 1 is 0.625 bits per heavy atom. The fourth-order valence-corrected chi connectivity index (χ4v) is 5.07. The third-order valence-corrected chi connectivity index (χ3v) is 7.60. The molecule has 208 valence electrons. The molecule has 2 aromatic carbocycles. The van der Waals surface area contributed by atoms with Gasteiger partial charge in [-0.1, -0.05) is 42.5 Å². The number of aryl methyl sites for hydroxylation is 1.